The number of hydrogen-bond acceptors (Lipinski definition) is 12. The summed E-state index contributed by atoms with van der Waals surface area (Å²) >= 11 is 6.56. The molecule has 2 unspecified atom stereocenters. The molecule has 0 amide bonds. The van der Waals surface area contributed by atoms with Crippen LogP contribution >= 0.6 is 11.6 Å². The van der Waals surface area contributed by atoms with Crippen LogP contribution < -0.4 is 4.74 Å². The molecule has 0 saturated carbocycles. The Morgan fingerprint density at radius 2 is 1.55 bits per heavy atom. The average molecular weight is 635 g/mol. The molecule has 2 aliphatic rings. The van der Waals surface area contributed by atoms with E-state index in [9.17, 15) is 24.3 Å². The van der Waals surface area contributed by atoms with Crippen molar-refractivity contribution in [2.75, 3.05) is 13.2 Å². The second-order valence-electron chi connectivity index (χ2n) is 10.5. The van der Waals surface area contributed by atoms with Gasteiger partial charge in [0.2, 0.25) is 11.9 Å². The van der Waals surface area contributed by atoms with Crippen molar-refractivity contribution in [1.82, 2.24) is 0 Å². The number of fused-ring (bicyclic) bond motifs is 2. The van der Waals surface area contributed by atoms with Gasteiger partial charge < -0.3 is 38.3 Å². The second-order valence-corrected chi connectivity index (χ2v) is 10.9. The number of hydrogen-bond donors (Lipinski definition) is 1. The molecule has 0 aromatic heterocycles. The first-order valence-electron chi connectivity index (χ1n) is 14.0. The van der Waals surface area contributed by atoms with E-state index < -0.39 is 65.8 Å². The Morgan fingerprint density at radius 3 is 2.11 bits per heavy atom. The van der Waals surface area contributed by atoms with E-state index >= 15 is 0 Å². The highest BCUT2D eigenvalue weighted by Crippen LogP contribution is 2.54. The van der Waals surface area contributed by atoms with Gasteiger partial charge >= 0.3 is 23.9 Å². The monoisotopic (exact) mass is 634 g/mol. The molecule has 2 aromatic carbocycles. The third-order valence-electron chi connectivity index (χ3n) is 7.43. The van der Waals surface area contributed by atoms with E-state index in [0.29, 0.717) is 17.9 Å². The van der Waals surface area contributed by atoms with Crippen LogP contribution in [-0.2, 0) is 53.4 Å². The summed E-state index contributed by atoms with van der Waals surface area (Å²) in [6, 6.07) is 11.4. The van der Waals surface area contributed by atoms with Gasteiger partial charge in [-0.25, -0.2) is 0 Å². The van der Waals surface area contributed by atoms with Gasteiger partial charge in [0, 0.05) is 43.8 Å². The van der Waals surface area contributed by atoms with Crippen molar-refractivity contribution in [3.05, 3.63) is 64.2 Å². The summed E-state index contributed by atoms with van der Waals surface area (Å²) in [4.78, 5) is 49.2. The minimum Gasteiger partial charge on any atom is -0.494 e. The van der Waals surface area contributed by atoms with E-state index in [4.69, 9.17) is 44.8 Å². The number of rotatable bonds is 10. The Bertz CT molecular complexity index is 1410. The van der Waals surface area contributed by atoms with Crippen LogP contribution in [0.2, 0.25) is 5.02 Å². The molecule has 2 heterocycles. The zero-order chi connectivity index (χ0) is 32.4. The Hall–Kier alpha value is -3.71. The number of carbonyl (C=O) groups is 4. The number of aliphatic hydroxyl groups is 1. The van der Waals surface area contributed by atoms with Crippen LogP contribution in [0.1, 0.15) is 64.3 Å². The first-order valence-corrected chi connectivity index (χ1v) is 14.4. The van der Waals surface area contributed by atoms with Gasteiger partial charge in [-0.3, -0.25) is 19.2 Å². The highest BCUT2D eigenvalue weighted by molar-refractivity contribution is 6.31. The SMILES string of the molecule is CCOc1ccc(C(O)c2cc([C@]34OC[C@](C(C)OC(C)=O)(O3)[C@@H](OC(C)=O)[C@H](OC(C)=O)[C@H]4OC(C)=O)ccc2Cl)cc1. The quantitative estimate of drug-likeness (QED) is 0.300. The summed E-state index contributed by atoms with van der Waals surface area (Å²) in [6.45, 7) is 8.12. The third kappa shape index (κ3) is 6.39. The topological polar surface area (TPSA) is 153 Å². The van der Waals surface area contributed by atoms with Crippen molar-refractivity contribution < 1.29 is 57.4 Å². The third-order valence-corrected chi connectivity index (χ3v) is 7.77. The fourth-order valence-corrected chi connectivity index (χ4v) is 5.85. The number of ether oxygens (including phenoxy) is 7. The summed E-state index contributed by atoms with van der Waals surface area (Å²) in [5.41, 5.74) is -0.734. The molecule has 7 atom stereocenters. The minimum atomic E-state index is -1.99. The molecular weight excluding hydrogens is 600 g/mol. The summed E-state index contributed by atoms with van der Waals surface area (Å²) in [6.07, 6.45) is -6.74. The van der Waals surface area contributed by atoms with Gasteiger partial charge in [0.15, 0.2) is 17.8 Å². The van der Waals surface area contributed by atoms with Gasteiger partial charge in [-0.15, -0.1) is 0 Å². The Balaban J connectivity index is 1.89. The van der Waals surface area contributed by atoms with E-state index in [1.54, 1.807) is 24.3 Å². The van der Waals surface area contributed by atoms with Gasteiger partial charge in [0.05, 0.1) is 13.2 Å². The predicted molar refractivity (Wildman–Crippen MR) is 152 cm³/mol. The summed E-state index contributed by atoms with van der Waals surface area (Å²) < 4.78 is 40.8. The largest absolute Gasteiger partial charge is 0.494 e. The molecule has 2 bridgehead atoms. The first-order chi connectivity index (χ1) is 20.7. The van der Waals surface area contributed by atoms with Crippen molar-refractivity contribution in [2.24, 2.45) is 0 Å². The lowest BCUT2D eigenvalue weighted by Gasteiger charge is -2.50. The fourth-order valence-electron chi connectivity index (χ4n) is 5.63. The molecule has 0 spiro atoms. The summed E-state index contributed by atoms with van der Waals surface area (Å²) in [7, 11) is 0. The average Bonchev–Trinajstić information content (AvgIpc) is 3.32. The lowest BCUT2D eigenvalue weighted by molar-refractivity contribution is -0.340. The zero-order valence-corrected chi connectivity index (χ0v) is 25.9. The lowest BCUT2D eigenvalue weighted by atomic mass is 9.80. The molecule has 1 N–H and O–H groups in total. The van der Waals surface area contributed by atoms with Crippen LogP contribution in [0.4, 0.5) is 0 Å². The van der Waals surface area contributed by atoms with Gasteiger partial charge in [0.1, 0.15) is 18.0 Å². The smallest absolute Gasteiger partial charge is 0.303 e. The van der Waals surface area contributed by atoms with E-state index in [2.05, 4.69) is 0 Å². The van der Waals surface area contributed by atoms with Crippen molar-refractivity contribution in [3.8, 4) is 5.75 Å². The summed E-state index contributed by atoms with van der Waals surface area (Å²) in [5.74, 6) is -4.35. The molecule has 238 valence electrons. The Kier molecular flexibility index (Phi) is 9.89. The zero-order valence-electron chi connectivity index (χ0n) is 25.2. The molecule has 13 heteroatoms. The number of esters is 4. The van der Waals surface area contributed by atoms with Gasteiger partial charge in [-0.1, -0.05) is 29.8 Å². The molecule has 44 heavy (non-hydrogen) atoms. The number of halogens is 1. The minimum absolute atomic E-state index is 0.207. The molecule has 0 radical (unpaired) electrons. The molecule has 2 aliphatic heterocycles. The van der Waals surface area contributed by atoms with Crippen molar-refractivity contribution in [1.29, 1.82) is 0 Å². The highest BCUT2D eigenvalue weighted by atomic mass is 35.5. The first kappa shape index (κ1) is 33.2. The molecule has 4 rings (SSSR count). The lowest BCUT2D eigenvalue weighted by Crippen LogP contribution is -2.70. The number of aliphatic hydroxyl groups excluding tert-OH is 1. The van der Waals surface area contributed by atoms with Crippen LogP contribution in [0.15, 0.2) is 42.5 Å². The molecule has 12 nitrogen and oxygen atoms in total. The van der Waals surface area contributed by atoms with E-state index in [1.165, 1.54) is 32.0 Å². The van der Waals surface area contributed by atoms with Crippen molar-refractivity contribution >= 4 is 35.5 Å². The van der Waals surface area contributed by atoms with Crippen LogP contribution in [-0.4, -0.2) is 72.2 Å². The maximum absolute atomic E-state index is 12.4. The predicted octanol–water partition coefficient (Wildman–Crippen LogP) is 3.52. The normalized spacial score (nSPS) is 27.0. The van der Waals surface area contributed by atoms with Crippen molar-refractivity contribution in [2.45, 2.75) is 83.5 Å². The molecule has 2 fully saturated rings. The van der Waals surface area contributed by atoms with Gasteiger partial charge in [-0.2, -0.15) is 0 Å². The van der Waals surface area contributed by atoms with Crippen LogP contribution in [0, 0.1) is 0 Å². The van der Waals surface area contributed by atoms with Crippen LogP contribution in [0.5, 0.6) is 5.75 Å². The molecular formula is C31H35ClO12. The molecule has 2 aromatic rings. The maximum Gasteiger partial charge on any atom is 0.303 e. The molecule has 0 aliphatic carbocycles. The maximum atomic E-state index is 12.4. The van der Waals surface area contributed by atoms with Crippen LogP contribution in [0.3, 0.4) is 0 Å². The van der Waals surface area contributed by atoms with E-state index in [1.807, 2.05) is 6.92 Å². The standard InChI is InChI=1S/C31H35ClO12/c1-7-38-23-11-8-21(9-12-23)26(37)24-14-22(10-13-25(24)32)31-29(43-20(6)36)27(41-18(4)34)28(42-19(5)35)30(44-31,15-39-31)16(2)40-17(3)33/h8-14,16,26-29,37H,7,15H2,1-6H3/t16?,26?,27-,28-,29+,30+,31-/m0/s1. The number of benzene rings is 2. The second kappa shape index (κ2) is 13.1. The molecule has 2 saturated heterocycles. The van der Waals surface area contributed by atoms with E-state index in [-0.39, 0.29) is 22.8 Å². The highest BCUT2D eigenvalue weighted by Gasteiger charge is 2.74. The Labute approximate surface area is 259 Å². The van der Waals surface area contributed by atoms with E-state index in [0.717, 1.165) is 20.8 Å². The fraction of sp³-hybridized carbons (Fsp3) is 0.484. The van der Waals surface area contributed by atoms with Gasteiger partial charge in [0.25, 0.3) is 0 Å². The number of carbonyl (C=O) groups excluding carboxylic acids is 4. The van der Waals surface area contributed by atoms with Gasteiger partial charge in [-0.05, 0) is 43.7 Å². The van der Waals surface area contributed by atoms with Crippen molar-refractivity contribution in [3.63, 3.8) is 0 Å². The summed E-state index contributed by atoms with van der Waals surface area (Å²) in [5, 5.41) is 11.6. The Morgan fingerprint density at radius 1 is 0.932 bits per heavy atom. The van der Waals surface area contributed by atoms with Crippen LogP contribution in [0.25, 0.3) is 0 Å².